The summed E-state index contributed by atoms with van der Waals surface area (Å²) in [6.45, 7) is 8.72. The van der Waals surface area contributed by atoms with Gasteiger partial charge in [-0.2, -0.15) is 0 Å². The Morgan fingerprint density at radius 2 is 2.00 bits per heavy atom. The van der Waals surface area contributed by atoms with Gasteiger partial charge >= 0.3 is 0 Å². The molecule has 8 heavy (non-hydrogen) atoms. The Hall–Kier alpha value is -0.520. The molecule has 3 radical (unpaired) electrons. The van der Waals surface area contributed by atoms with E-state index in [2.05, 4.69) is 6.92 Å². The molecule has 0 rings (SSSR count). The zero-order valence-corrected chi connectivity index (χ0v) is 5.01. The van der Waals surface area contributed by atoms with Crippen molar-refractivity contribution in [1.29, 1.82) is 0 Å². The maximum Gasteiger partial charge on any atom is -0.0169 e. The third kappa shape index (κ3) is 5.48. The molecule has 0 unspecified atom stereocenters. The first kappa shape index (κ1) is 7.48. The van der Waals surface area contributed by atoms with Gasteiger partial charge in [-0.25, -0.2) is 0 Å². The van der Waals surface area contributed by atoms with Gasteiger partial charge in [0.15, 0.2) is 0 Å². The molecule has 0 fully saturated rings. The van der Waals surface area contributed by atoms with Crippen molar-refractivity contribution in [2.24, 2.45) is 0 Å². The number of hydrogen-bond donors (Lipinski definition) is 0. The second kappa shape index (κ2) is 6.48. The van der Waals surface area contributed by atoms with Crippen molar-refractivity contribution in [3.8, 4) is 0 Å². The molecule has 0 aliphatic rings. The molecule has 0 heterocycles. The standard InChI is InChI=1S/C8H11/c1-3-5-7-8-6-4-2/h1,4-7H,2-3,8H2/b6-4+,7-5+. The molecule has 0 bridgehead atoms. The molecular formula is C8H11. The van der Waals surface area contributed by atoms with E-state index in [0.717, 1.165) is 6.42 Å². The van der Waals surface area contributed by atoms with Crippen LogP contribution in [0.15, 0.2) is 24.3 Å². The Kier molecular flexibility index (Phi) is 6.06. The highest BCUT2D eigenvalue weighted by Gasteiger charge is 1.65. The molecule has 0 N–H and O–H groups in total. The number of hydrogen-bond acceptors (Lipinski definition) is 0. The summed E-state index contributed by atoms with van der Waals surface area (Å²) in [5.41, 5.74) is 0. The molecule has 0 spiro atoms. The monoisotopic (exact) mass is 107 g/mol. The lowest BCUT2D eigenvalue weighted by atomic mass is 10.3. The van der Waals surface area contributed by atoms with Gasteiger partial charge in [0.05, 0.1) is 0 Å². The van der Waals surface area contributed by atoms with E-state index in [4.69, 9.17) is 6.92 Å². The highest BCUT2D eigenvalue weighted by Crippen LogP contribution is 1.86. The quantitative estimate of drug-likeness (QED) is 0.486. The molecule has 0 aromatic carbocycles. The third-order valence-corrected chi connectivity index (χ3v) is 0.742. The summed E-state index contributed by atoms with van der Waals surface area (Å²) in [6, 6.07) is 0. The lowest BCUT2D eigenvalue weighted by Gasteiger charge is -1.77. The minimum Gasteiger partial charge on any atom is -0.0879 e. The lowest BCUT2D eigenvalue weighted by molar-refractivity contribution is 1.31. The zero-order valence-electron chi connectivity index (χ0n) is 5.01. The highest BCUT2D eigenvalue weighted by atomic mass is 13.7. The Morgan fingerprint density at radius 1 is 1.25 bits per heavy atom. The van der Waals surface area contributed by atoms with Gasteiger partial charge in [0.2, 0.25) is 0 Å². The predicted molar refractivity (Wildman–Crippen MR) is 37.2 cm³/mol. The SMILES string of the molecule is [CH]C/C=C/C/C=C/[CH2]. The molecule has 0 aromatic rings. The fourth-order valence-electron chi connectivity index (χ4n) is 0.367. The van der Waals surface area contributed by atoms with Crippen LogP contribution in [-0.4, -0.2) is 0 Å². The molecule has 0 aromatic heterocycles. The van der Waals surface area contributed by atoms with E-state index in [-0.39, 0.29) is 0 Å². The second-order valence-electron chi connectivity index (χ2n) is 1.41. The number of allylic oxidation sites excluding steroid dienone is 4. The third-order valence-electron chi connectivity index (χ3n) is 0.742. The molecule has 0 nitrogen and oxygen atoms in total. The summed E-state index contributed by atoms with van der Waals surface area (Å²) in [5, 5.41) is 0. The van der Waals surface area contributed by atoms with Gasteiger partial charge in [-0.1, -0.05) is 24.3 Å². The van der Waals surface area contributed by atoms with Crippen LogP contribution in [-0.2, 0) is 0 Å². The highest BCUT2D eigenvalue weighted by molar-refractivity contribution is 4.93. The first-order valence-electron chi connectivity index (χ1n) is 2.71. The van der Waals surface area contributed by atoms with Crippen molar-refractivity contribution >= 4 is 0 Å². The van der Waals surface area contributed by atoms with Crippen molar-refractivity contribution in [1.82, 2.24) is 0 Å². The van der Waals surface area contributed by atoms with Crippen LogP contribution in [0, 0.1) is 13.8 Å². The van der Waals surface area contributed by atoms with Gasteiger partial charge in [0.25, 0.3) is 0 Å². The van der Waals surface area contributed by atoms with Gasteiger partial charge < -0.3 is 0 Å². The zero-order chi connectivity index (χ0) is 6.24. The van der Waals surface area contributed by atoms with E-state index in [1.54, 1.807) is 6.08 Å². The van der Waals surface area contributed by atoms with Crippen molar-refractivity contribution in [3.05, 3.63) is 38.2 Å². The summed E-state index contributed by atoms with van der Waals surface area (Å²) in [5.74, 6) is 0. The smallest absolute Gasteiger partial charge is 0.0169 e. The maximum absolute atomic E-state index is 5.18. The van der Waals surface area contributed by atoms with E-state index in [1.807, 2.05) is 18.2 Å². The van der Waals surface area contributed by atoms with Crippen LogP contribution in [0.4, 0.5) is 0 Å². The van der Waals surface area contributed by atoms with Crippen LogP contribution in [0.25, 0.3) is 0 Å². The van der Waals surface area contributed by atoms with E-state index in [9.17, 15) is 0 Å². The van der Waals surface area contributed by atoms with E-state index in [0.29, 0.717) is 6.42 Å². The summed E-state index contributed by atoms with van der Waals surface area (Å²) in [4.78, 5) is 0. The summed E-state index contributed by atoms with van der Waals surface area (Å²) in [6.07, 6.45) is 9.28. The molecule has 0 heteroatoms. The van der Waals surface area contributed by atoms with Crippen molar-refractivity contribution in [2.75, 3.05) is 0 Å². The van der Waals surface area contributed by atoms with Crippen LogP contribution in [0.1, 0.15) is 12.8 Å². The molecular weight excluding hydrogens is 96.1 g/mol. The largest absolute Gasteiger partial charge is 0.0879 e. The van der Waals surface area contributed by atoms with Gasteiger partial charge in [-0.05, 0) is 26.7 Å². The topological polar surface area (TPSA) is 0 Å². The summed E-state index contributed by atoms with van der Waals surface area (Å²) < 4.78 is 0. The predicted octanol–water partition coefficient (Wildman–Crippen LogP) is 2.42. The van der Waals surface area contributed by atoms with Crippen LogP contribution < -0.4 is 0 Å². The van der Waals surface area contributed by atoms with E-state index < -0.39 is 0 Å². The minimum absolute atomic E-state index is 0.630. The fraction of sp³-hybridized carbons (Fsp3) is 0.250. The average molecular weight is 107 g/mol. The molecule has 0 atom stereocenters. The Labute approximate surface area is 51.9 Å². The molecule has 0 saturated heterocycles. The molecule has 0 saturated carbocycles. The van der Waals surface area contributed by atoms with Gasteiger partial charge in [-0.15, -0.1) is 0 Å². The Morgan fingerprint density at radius 3 is 2.50 bits per heavy atom. The Bertz CT molecular complexity index is 78.0. The van der Waals surface area contributed by atoms with Gasteiger partial charge in [0.1, 0.15) is 0 Å². The fourth-order valence-corrected chi connectivity index (χ4v) is 0.367. The first-order chi connectivity index (χ1) is 3.91. The average Bonchev–Trinajstić information content (AvgIpc) is 1.81. The second-order valence-corrected chi connectivity index (χ2v) is 1.41. The van der Waals surface area contributed by atoms with Gasteiger partial charge in [-0.3, -0.25) is 0 Å². The lowest BCUT2D eigenvalue weighted by Crippen LogP contribution is -1.56. The van der Waals surface area contributed by atoms with Crippen molar-refractivity contribution in [2.45, 2.75) is 12.8 Å². The Balaban J connectivity index is 3.03. The first-order valence-corrected chi connectivity index (χ1v) is 2.71. The van der Waals surface area contributed by atoms with Crippen LogP contribution in [0.5, 0.6) is 0 Å². The summed E-state index contributed by atoms with van der Waals surface area (Å²) >= 11 is 0. The molecule has 0 aliphatic carbocycles. The van der Waals surface area contributed by atoms with Crippen molar-refractivity contribution < 1.29 is 0 Å². The van der Waals surface area contributed by atoms with Crippen LogP contribution in [0.2, 0.25) is 0 Å². The molecule has 43 valence electrons. The van der Waals surface area contributed by atoms with E-state index >= 15 is 0 Å². The molecule has 0 amide bonds. The van der Waals surface area contributed by atoms with Crippen LogP contribution in [0.3, 0.4) is 0 Å². The number of rotatable bonds is 3. The van der Waals surface area contributed by atoms with Crippen LogP contribution >= 0.6 is 0 Å². The van der Waals surface area contributed by atoms with Gasteiger partial charge in [0, 0.05) is 0 Å². The van der Waals surface area contributed by atoms with Crippen molar-refractivity contribution in [3.63, 3.8) is 0 Å². The molecule has 0 aliphatic heterocycles. The maximum atomic E-state index is 5.18. The minimum atomic E-state index is 0.630. The normalized spacial score (nSPS) is 11.8. The van der Waals surface area contributed by atoms with E-state index in [1.165, 1.54) is 0 Å². The summed E-state index contributed by atoms with van der Waals surface area (Å²) in [7, 11) is 0.